The van der Waals surface area contributed by atoms with E-state index in [4.69, 9.17) is 0 Å². The summed E-state index contributed by atoms with van der Waals surface area (Å²) in [6, 6.07) is 5.16. The van der Waals surface area contributed by atoms with Crippen molar-refractivity contribution in [1.82, 2.24) is 10.2 Å². The summed E-state index contributed by atoms with van der Waals surface area (Å²) < 4.78 is 39.0. The largest absolute Gasteiger partial charge is 0.416 e. The molecule has 1 saturated carbocycles. The van der Waals surface area contributed by atoms with Crippen LogP contribution in [0.25, 0.3) is 0 Å². The lowest BCUT2D eigenvalue weighted by Gasteiger charge is -2.15. The van der Waals surface area contributed by atoms with Crippen LogP contribution in [-0.2, 0) is 15.8 Å². The molecule has 1 aliphatic carbocycles. The molecule has 1 saturated heterocycles. The first-order valence-corrected chi connectivity index (χ1v) is 8.32. The summed E-state index contributed by atoms with van der Waals surface area (Å²) in [5, 5.41) is 2.72. The molecule has 0 aromatic heterocycles. The van der Waals surface area contributed by atoms with Gasteiger partial charge in [-0.2, -0.15) is 13.2 Å². The highest BCUT2D eigenvalue weighted by molar-refractivity contribution is 8.00. The molecule has 1 aliphatic heterocycles. The molecule has 0 unspecified atom stereocenters. The van der Waals surface area contributed by atoms with Crippen molar-refractivity contribution in [3.63, 3.8) is 0 Å². The van der Waals surface area contributed by atoms with Crippen molar-refractivity contribution in [3.8, 4) is 0 Å². The predicted molar refractivity (Wildman–Crippen MR) is 79.8 cm³/mol. The zero-order valence-corrected chi connectivity index (χ0v) is 12.9. The van der Waals surface area contributed by atoms with Crippen molar-refractivity contribution < 1.29 is 22.8 Å². The molecule has 1 N–H and O–H groups in total. The van der Waals surface area contributed by atoms with E-state index in [-0.39, 0.29) is 35.9 Å². The Hall–Kier alpha value is -1.70. The maximum atomic E-state index is 13.0. The number of carbonyl (C=O) groups is 2. The normalized spacial score (nSPS) is 24.0. The number of nitrogens with one attached hydrogen (secondary N) is 1. The average molecular weight is 344 g/mol. The zero-order chi connectivity index (χ0) is 16.6. The third-order valence-corrected chi connectivity index (χ3v) is 4.91. The second-order valence-electron chi connectivity index (χ2n) is 5.67. The van der Waals surface area contributed by atoms with E-state index < -0.39 is 11.7 Å². The SMILES string of the molecule is O=C(CN1CSCC1=O)N[C@H]1C[C@H]1c1ccccc1C(F)(F)F. The number of carbonyl (C=O) groups excluding carboxylic acids is 2. The molecule has 1 aromatic carbocycles. The maximum absolute atomic E-state index is 13.0. The van der Waals surface area contributed by atoms with Crippen LogP contribution >= 0.6 is 11.8 Å². The van der Waals surface area contributed by atoms with Crippen LogP contribution in [0.1, 0.15) is 23.5 Å². The fraction of sp³-hybridized carbons (Fsp3) is 0.467. The van der Waals surface area contributed by atoms with Gasteiger partial charge >= 0.3 is 6.18 Å². The third-order valence-electron chi connectivity index (χ3n) is 3.96. The highest BCUT2D eigenvalue weighted by Crippen LogP contribution is 2.46. The molecule has 8 heteroatoms. The summed E-state index contributed by atoms with van der Waals surface area (Å²) in [6.07, 6.45) is -3.91. The fourth-order valence-corrected chi connectivity index (χ4v) is 3.65. The maximum Gasteiger partial charge on any atom is 0.416 e. The standard InChI is InChI=1S/C15H15F3N2O2S/c16-15(17,18)11-4-2-1-3-9(11)10-5-12(10)19-13(21)6-20-8-23-7-14(20)22/h1-4,10,12H,5-8H2,(H,19,21)/t10-,12-/m0/s1. The molecule has 1 aromatic rings. The fourth-order valence-electron chi connectivity index (χ4n) is 2.74. The molecule has 0 spiro atoms. The predicted octanol–water partition coefficient (Wildman–Crippen LogP) is 2.21. The Morgan fingerprint density at radius 1 is 1.35 bits per heavy atom. The number of amides is 2. The van der Waals surface area contributed by atoms with Gasteiger partial charge in [-0.25, -0.2) is 0 Å². The molecule has 3 rings (SSSR count). The van der Waals surface area contributed by atoms with Crippen LogP contribution in [0.3, 0.4) is 0 Å². The number of rotatable bonds is 4. The van der Waals surface area contributed by atoms with Crippen molar-refractivity contribution in [2.24, 2.45) is 0 Å². The Bertz CT molecular complexity index is 635. The third kappa shape index (κ3) is 3.63. The topological polar surface area (TPSA) is 49.4 Å². The minimum Gasteiger partial charge on any atom is -0.351 e. The summed E-state index contributed by atoms with van der Waals surface area (Å²) in [5.74, 6) is 0.133. The van der Waals surface area contributed by atoms with Crippen molar-refractivity contribution in [3.05, 3.63) is 35.4 Å². The molecule has 23 heavy (non-hydrogen) atoms. The summed E-state index contributed by atoms with van der Waals surface area (Å²) in [6.45, 7) is -0.0318. The van der Waals surface area contributed by atoms with Crippen LogP contribution in [0, 0.1) is 0 Å². The van der Waals surface area contributed by atoms with Gasteiger partial charge in [0.05, 0.1) is 17.2 Å². The Morgan fingerprint density at radius 2 is 2.09 bits per heavy atom. The van der Waals surface area contributed by atoms with Gasteiger partial charge in [0, 0.05) is 12.0 Å². The first kappa shape index (κ1) is 16.2. The quantitative estimate of drug-likeness (QED) is 0.911. The summed E-state index contributed by atoms with van der Waals surface area (Å²) >= 11 is 1.44. The van der Waals surface area contributed by atoms with Crippen molar-refractivity contribution >= 4 is 23.6 Å². The minimum absolute atomic E-state index is 0.0318. The second-order valence-corrected chi connectivity index (χ2v) is 6.63. The monoisotopic (exact) mass is 344 g/mol. The number of alkyl halides is 3. The molecule has 124 valence electrons. The average Bonchev–Trinajstić information content (AvgIpc) is 3.13. The lowest BCUT2D eigenvalue weighted by atomic mass is 10.0. The van der Waals surface area contributed by atoms with Gasteiger partial charge in [-0.15, -0.1) is 11.8 Å². The van der Waals surface area contributed by atoms with Gasteiger partial charge in [0.25, 0.3) is 0 Å². The lowest BCUT2D eigenvalue weighted by Crippen LogP contribution is -2.39. The molecular formula is C15H15F3N2O2S. The molecule has 2 fully saturated rings. The van der Waals surface area contributed by atoms with Crippen LogP contribution < -0.4 is 5.32 Å². The van der Waals surface area contributed by atoms with E-state index in [2.05, 4.69) is 5.32 Å². The van der Waals surface area contributed by atoms with Gasteiger partial charge in [-0.3, -0.25) is 9.59 Å². The van der Waals surface area contributed by atoms with Gasteiger partial charge in [-0.1, -0.05) is 18.2 Å². The first-order valence-electron chi connectivity index (χ1n) is 7.17. The summed E-state index contributed by atoms with van der Waals surface area (Å²) in [7, 11) is 0. The number of hydrogen-bond acceptors (Lipinski definition) is 3. The number of nitrogens with zero attached hydrogens (tertiary/aromatic N) is 1. The van der Waals surface area contributed by atoms with Crippen molar-refractivity contribution in [2.75, 3.05) is 18.2 Å². The van der Waals surface area contributed by atoms with Gasteiger partial charge in [-0.05, 0) is 18.1 Å². The number of benzene rings is 1. The van der Waals surface area contributed by atoms with E-state index in [1.165, 1.54) is 28.8 Å². The van der Waals surface area contributed by atoms with Gasteiger partial charge in [0.15, 0.2) is 0 Å². The van der Waals surface area contributed by atoms with Crippen LogP contribution in [0.5, 0.6) is 0 Å². The Balaban J connectivity index is 1.60. The molecule has 0 radical (unpaired) electrons. The Morgan fingerprint density at radius 3 is 2.74 bits per heavy atom. The van der Waals surface area contributed by atoms with Crippen molar-refractivity contribution in [1.29, 1.82) is 0 Å². The van der Waals surface area contributed by atoms with Crippen LogP contribution in [0.4, 0.5) is 13.2 Å². The van der Waals surface area contributed by atoms with E-state index in [1.54, 1.807) is 6.07 Å². The molecule has 4 nitrogen and oxygen atoms in total. The second kappa shape index (κ2) is 6.07. The van der Waals surface area contributed by atoms with Crippen LogP contribution in [-0.4, -0.2) is 40.9 Å². The molecule has 0 bridgehead atoms. The smallest absolute Gasteiger partial charge is 0.351 e. The number of thioether (sulfide) groups is 1. The number of halogens is 3. The molecule has 1 heterocycles. The molecule has 2 aliphatic rings. The molecule has 2 atom stereocenters. The Kier molecular flexibility index (Phi) is 4.27. The van der Waals surface area contributed by atoms with E-state index >= 15 is 0 Å². The van der Waals surface area contributed by atoms with Crippen LogP contribution in [0.2, 0.25) is 0 Å². The summed E-state index contributed by atoms with van der Waals surface area (Å²) in [5.41, 5.74) is -0.425. The van der Waals surface area contributed by atoms with E-state index in [0.717, 1.165) is 6.07 Å². The van der Waals surface area contributed by atoms with E-state index in [1.807, 2.05) is 0 Å². The highest BCUT2D eigenvalue weighted by atomic mass is 32.2. The van der Waals surface area contributed by atoms with Crippen LogP contribution in [0.15, 0.2) is 24.3 Å². The lowest BCUT2D eigenvalue weighted by molar-refractivity contribution is -0.138. The molecular weight excluding hydrogens is 329 g/mol. The zero-order valence-electron chi connectivity index (χ0n) is 12.1. The van der Waals surface area contributed by atoms with E-state index in [9.17, 15) is 22.8 Å². The minimum atomic E-state index is -4.40. The van der Waals surface area contributed by atoms with E-state index in [0.29, 0.717) is 18.1 Å². The van der Waals surface area contributed by atoms with Gasteiger partial charge < -0.3 is 10.2 Å². The van der Waals surface area contributed by atoms with Gasteiger partial charge in [0.1, 0.15) is 6.54 Å². The van der Waals surface area contributed by atoms with Crippen molar-refractivity contribution in [2.45, 2.75) is 24.6 Å². The highest BCUT2D eigenvalue weighted by Gasteiger charge is 2.45. The number of hydrogen-bond donors (Lipinski definition) is 1. The summed E-state index contributed by atoms with van der Waals surface area (Å²) in [4.78, 5) is 24.8. The molecule has 2 amide bonds. The Labute approximate surface area is 135 Å². The first-order chi connectivity index (χ1) is 10.9. The van der Waals surface area contributed by atoms with Gasteiger partial charge in [0.2, 0.25) is 11.8 Å².